The van der Waals surface area contributed by atoms with Crippen LogP contribution in [0.4, 0.5) is 8.78 Å². The standard InChI is InChI=1S/C15H18Br2F2/c16-10-12(13-5-1-2-6-14(13)17)8-11-4-3-7-15(18,19)9-11/h1-2,5-6,11-12H,3-4,7-10H2. The van der Waals surface area contributed by atoms with E-state index >= 15 is 0 Å². The molecule has 2 atom stereocenters. The fraction of sp³-hybridized carbons (Fsp3) is 0.600. The molecular formula is C15H18Br2F2. The lowest BCUT2D eigenvalue weighted by atomic mass is 9.80. The molecule has 0 saturated heterocycles. The Morgan fingerprint density at radius 2 is 2.05 bits per heavy atom. The van der Waals surface area contributed by atoms with Crippen LogP contribution in [0.5, 0.6) is 0 Å². The Kier molecular flexibility index (Phi) is 5.41. The van der Waals surface area contributed by atoms with E-state index < -0.39 is 5.92 Å². The smallest absolute Gasteiger partial charge is 0.207 e. The van der Waals surface area contributed by atoms with E-state index in [0.717, 1.165) is 22.6 Å². The van der Waals surface area contributed by atoms with Gasteiger partial charge in [0.05, 0.1) is 0 Å². The number of halogens is 4. The van der Waals surface area contributed by atoms with Crippen LogP contribution in [-0.4, -0.2) is 11.3 Å². The van der Waals surface area contributed by atoms with Crippen LogP contribution in [0.3, 0.4) is 0 Å². The van der Waals surface area contributed by atoms with Gasteiger partial charge in [-0.25, -0.2) is 8.78 Å². The van der Waals surface area contributed by atoms with Gasteiger partial charge in [0, 0.05) is 22.6 Å². The van der Waals surface area contributed by atoms with Crippen LogP contribution in [-0.2, 0) is 0 Å². The Balaban J connectivity index is 2.05. The average Bonchev–Trinajstić information content (AvgIpc) is 2.36. The van der Waals surface area contributed by atoms with E-state index in [2.05, 4.69) is 37.9 Å². The molecule has 0 heterocycles. The quantitative estimate of drug-likeness (QED) is 0.537. The summed E-state index contributed by atoms with van der Waals surface area (Å²) in [6.45, 7) is 0. The van der Waals surface area contributed by atoms with E-state index in [1.807, 2.05) is 18.2 Å². The van der Waals surface area contributed by atoms with Gasteiger partial charge < -0.3 is 0 Å². The second kappa shape index (κ2) is 6.66. The molecule has 0 aromatic heterocycles. The highest BCUT2D eigenvalue weighted by Crippen LogP contribution is 2.42. The highest BCUT2D eigenvalue weighted by molar-refractivity contribution is 9.10. The maximum absolute atomic E-state index is 13.5. The van der Waals surface area contributed by atoms with Crippen molar-refractivity contribution < 1.29 is 8.78 Å². The third-order valence-corrected chi connectivity index (χ3v) is 5.40. The van der Waals surface area contributed by atoms with Crippen molar-refractivity contribution in [1.82, 2.24) is 0 Å². The summed E-state index contributed by atoms with van der Waals surface area (Å²) in [5, 5.41) is 0.817. The van der Waals surface area contributed by atoms with E-state index in [-0.39, 0.29) is 18.8 Å². The second-order valence-corrected chi connectivity index (χ2v) is 6.93. The summed E-state index contributed by atoms with van der Waals surface area (Å²) in [6, 6.07) is 8.08. The van der Waals surface area contributed by atoms with Crippen LogP contribution in [0.2, 0.25) is 0 Å². The molecule has 1 aromatic rings. The topological polar surface area (TPSA) is 0 Å². The largest absolute Gasteiger partial charge is 0.248 e. The van der Waals surface area contributed by atoms with Gasteiger partial charge in [0.15, 0.2) is 0 Å². The van der Waals surface area contributed by atoms with Gasteiger partial charge in [-0.2, -0.15) is 0 Å². The lowest BCUT2D eigenvalue weighted by Crippen LogP contribution is -2.27. The zero-order chi connectivity index (χ0) is 13.9. The molecule has 106 valence electrons. The third-order valence-electron chi connectivity index (χ3n) is 3.89. The minimum absolute atomic E-state index is 0.0565. The first kappa shape index (κ1) is 15.4. The number of benzene rings is 1. The molecule has 0 bridgehead atoms. The SMILES string of the molecule is FC1(F)CCCC(CC(CBr)c2ccccc2Br)C1. The van der Waals surface area contributed by atoms with Crippen LogP contribution in [0, 0.1) is 5.92 Å². The molecule has 0 spiro atoms. The van der Waals surface area contributed by atoms with Gasteiger partial charge in [-0.05, 0) is 42.7 Å². The summed E-state index contributed by atoms with van der Waals surface area (Å²) < 4.78 is 28.0. The summed E-state index contributed by atoms with van der Waals surface area (Å²) in [5.74, 6) is -2.01. The first-order valence-electron chi connectivity index (χ1n) is 6.70. The van der Waals surface area contributed by atoms with Crippen molar-refractivity contribution in [2.45, 2.75) is 43.9 Å². The number of alkyl halides is 3. The summed E-state index contributed by atoms with van der Waals surface area (Å²) >= 11 is 7.09. The van der Waals surface area contributed by atoms with Crippen LogP contribution in [0.1, 0.15) is 43.6 Å². The van der Waals surface area contributed by atoms with Crippen molar-refractivity contribution in [2.24, 2.45) is 5.92 Å². The minimum Gasteiger partial charge on any atom is -0.207 e. The summed E-state index contributed by atoms with van der Waals surface area (Å²) in [5.41, 5.74) is 1.22. The molecule has 1 saturated carbocycles. The lowest BCUT2D eigenvalue weighted by Gasteiger charge is -2.31. The van der Waals surface area contributed by atoms with Gasteiger partial charge in [-0.1, -0.05) is 50.1 Å². The van der Waals surface area contributed by atoms with Gasteiger partial charge in [0.1, 0.15) is 0 Å². The van der Waals surface area contributed by atoms with Crippen molar-refractivity contribution in [3.8, 4) is 0 Å². The van der Waals surface area contributed by atoms with Gasteiger partial charge in [0.2, 0.25) is 5.92 Å². The van der Waals surface area contributed by atoms with Crippen LogP contribution in [0.15, 0.2) is 28.7 Å². The molecular weight excluding hydrogens is 378 g/mol. The highest BCUT2D eigenvalue weighted by Gasteiger charge is 2.37. The molecule has 0 amide bonds. The zero-order valence-electron chi connectivity index (χ0n) is 10.7. The Morgan fingerprint density at radius 3 is 2.68 bits per heavy atom. The molecule has 19 heavy (non-hydrogen) atoms. The normalized spacial score (nSPS) is 24.1. The molecule has 0 radical (unpaired) electrons. The summed E-state index contributed by atoms with van der Waals surface area (Å²) in [4.78, 5) is 0. The van der Waals surface area contributed by atoms with Gasteiger partial charge in [-0.15, -0.1) is 0 Å². The van der Waals surface area contributed by atoms with Gasteiger partial charge >= 0.3 is 0 Å². The third kappa shape index (κ3) is 4.25. The fourth-order valence-electron chi connectivity index (χ4n) is 2.96. The molecule has 2 rings (SSSR count). The highest BCUT2D eigenvalue weighted by atomic mass is 79.9. The first-order valence-corrected chi connectivity index (χ1v) is 8.61. The van der Waals surface area contributed by atoms with Crippen molar-refractivity contribution in [3.05, 3.63) is 34.3 Å². The Labute approximate surface area is 130 Å². The summed E-state index contributed by atoms with van der Waals surface area (Å²) in [7, 11) is 0. The van der Waals surface area contributed by atoms with Crippen molar-refractivity contribution in [2.75, 3.05) is 5.33 Å². The first-order chi connectivity index (χ1) is 9.02. The second-order valence-electron chi connectivity index (χ2n) is 5.43. The van der Waals surface area contributed by atoms with E-state index in [4.69, 9.17) is 0 Å². The predicted molar refractivity (Wildman–Crippen MR) is 82.2 cm³/mol. The Hall–Kier alpha value is 0.0400. The molecule has 1 fully saturated rings. The Bertz CT molecular complexity index is 420. The molecule has 0 N–H and O–H groups in total. The molecule has 1 aromatic carbocycles. The fourth-order valence-corrected chi connectivity index (χ4v) is 4.18. The number of hydrogen-bond donors (Lipinski definition) is 0. The maximum atomic E-state index is 13.5. The minimum atomic E-state index is -2.45. The molecule has 0 nitrogen and oxygen atoms in total. The van der Waals surface area contributed by atoms with E-state index in [0.29, 0.717) is 12.3 Å². The van der Waals surface area contributed by atoms with Crippen molar-refractivity contribution >= 4 is 31.9 Å². The monoisotopic (exact) mass is 394 g/mol. The van der Waals surface area contributed by atoms with E-state index in [1.54, 1.807) is 0 Å². The molecule has 1 aliphatic rings. The Morgan fingerprint density at radius 1 is 1.32 bits per heavy atom. The zero-order valence-corrected chi connectivity index (χ0v) is 13.9. The average molecular weight is 396 g/mol. The predicted octanol–water partition coefficient (Wildman–Crippen LogP) is 6.14. The van der Waals surface area contributed by atoms with Crippen molar-refractivity contribution in [3.63, 3.8) is 0 Å². The number of hydrogen-bond acceptors (Lipinski definition) is 0. The molecule has 1 aliphatic carbocycles. The van der Waals surface area contributed by atoms with Crippen molar-refractivity contribution in [1.29, 1.82) is 0 Å². The molecule has 4 heteroatoms. The number of rotatable bonds is 4. The maximum Gasteiger partial charge on any atom is 0.248 e. The van der Waals surface area contributed by atoms with E-state index in [9.17, 15) is 8.78 Å². The van der Waals surface area contributed by atoms with Crippen LogP contribution in [0.25, 0.3) is 0 Å². The summed E-state index contributed by atoms with van der Waals surface area (Å²) in [6.07, 6.45) is 2.55. The molecule has 0 aliphatic heterocycles. The van der Waals surface area contributed by atoms with Gasteiger partial charge in [-0.3, -0.25) is 0 Å². The lowest BCUT2D eigenvalue weighted by molar-refractivity contribution is -0.0541. The van der Waals surface area contributed by atoms with E-state index in [1.165, 1.54) is 5.56 Å². The van der Waals surface area contributed by atoms with Crippen LogP contribution >= 0.6 is 31.9 Å². The molecule has 2 unspecified atom stereocenters. The van der Waals surface area contributed by atoms with Gasteiger partial charge in [0.25, 0.3) is 0 Å². The van der Waals surface area contributed by atoms with Crippen LogP contribution < -0.4 is 0 Å².